The average molecular weight is 279 g/mol. The van der Waals surface area contributed by atoms with Crippen LogP contribution in [-0.2, 0) is 0 Å². The quantitative estimate of drug-likeness (QED) is 0.554. The van der Waals surface area contributed by atoms with Gasteiger partial charge in [-0.15, -0.1) is 0 Å². The van der Waals surface area contributed by atoms with Crippen LogP contribution < -0.4 is 15.6 Å². The predicted molar refractivity (Wildman–Crippen MR) is 75.7 cm³/mol. The Hall–Kier alpha value is -3.22. The molecule has 0 saturated carbocycles. The van der Waals surface area contributed by atoms with E-state index in [1.165, 1.54) is 0 Å². The lowest BCUT2D eigenvalue weighted by Gasteiger charge is -2.19. The van der Waals surface area contributed by atoms with E-state index in [9.17, 15) is 4.79 Å². The minimum Gasteiger partial charge on any atom is -0.445 e. The number of hydrogen-bond acceptors (Lipinski definition) is 6. The second-order valence-electron chi connectivity index (χ2n) is 4.39. The van der Waals surface area contributed by atoms with E-state index in [-0.39, 0.29) is 17.1 Å². The zero-order valence-corrected chi connectivity index (χ0v) is 10.7. The molecule has 3 heterocycles. The number of nitrogens with zero attached hydrogens (tertiary/aromatic N) is 3. The lowest BCUT2D eigenvalue weighted by molar-refractivity contribution is 0.470. The molecule has 0 aliphatic carbocycles. The van der Waals surface area contributed by atoms with Gasteiger partial charge in [-0.25, -0.2) is 15.0 Å². The van der Waals surface area contributed by atoms with E-state index in [2.05, 4.69) is 25.3 Å². The van der Waals surface area contributed by atoms with Crippen LogP contribution in [0, 0.1) is 0 Å². The third-order valence-corrected chi connectivity index (χ3v) is 3.01. The van der Waals surface area contributed by atoms with E-state index >= 15 is 0 Å². The number of nitrogens with one attached hydrogen (secondary N) is 2. The van der Waals surface area contributed by atoms with Crippen molar-refractivity contribution in [2.24, 2.45) is 0 Å². The maximum atomic E-state index is 12.2. The van der Waals surface area contributed by atoms with Gasteiger partial charge in [0.2, 0.25) is 5.75 Å². The van der Waals surface area contributed by atoms with Crippen molar-refractivity contribution in [3.63, 3.8) is 0 Å². The molecule has 1 aliphatic rings. The molecule has 0 radical (unpaired) electrons. The predicted octanol–water partition coefficient (Wildman–Crippen LogP) is 2.08. The van der Waals surface area contributed by atoms with Crippen molar-refractivity contribution < 1.29 is 4.74 Å². The van der Waals surface area contributed by atoms with Crippen molar-refractivity contribution in [1.82, 2.24) is 19.9 Å². The molecule has 3 aromatic rings. The van der Waals surface area contributed by atoms with Crippen LogP contribution >= 0.6 is 0 Å². The highest BCUT2D eigenvalue weighted by Gasteiger charge is 2.22. The summed E-state index contributed by atoms with van der Waals surface area (Å²) < 4.78 is 5.59. The highest BCUT2D eigenvalue weighted by Crippen LogP contribution is 2.38. The number of fused-ring (bicyclic) bond motifs is 2. The highest BCUT2D eigenvalue weighted by atomic mass is 16.5. The first-order valence-corrected chi connectivity index (χ1v) is 6.27. The minimum atomic E-state index is -0.385. The van der Waals surface area contributed by atoms with Gasteiger partial charge in [-0.05, 0) is 18.2 Å². The fourth-order valence-corrected chi connectivity index (χ4v) is 2.07. The largest absolute Gasteiger partial charge is 0.445 e. The molecule has 7 heteroatoms. The first-order chi connectivity index (χ1) is 10.3. The number of hydrogen-bond donors (Lipinski definition) is 2. The van der Waals surface area contributed by atoms with Crippen molar-refractivity contribution in [1.29, 1.82) is 0 Å². The van der Waals surface area contributed by atoms with Gasteiger partial charge in [-0.1, -0.05) is 12.1 Å². The van der Waals surface area contributed by atoms with E-state index in [1.54, 1.807) is 24.5 Å². The second-order valence-corrected chi connectivity index (χ2v) is 4.39. The normalized spacial score (nSPS) is 11.8. The summed E-state index contributed by atoms with van der Waals surface area (Å²) in [4.78, 5) is 27.2. The van der Waals surface area contributed by atoms with Gasteiger partial charge < -0.3 is 15.0 Å². The van der Waals surface area contributed by atoms with Crippen LogP contribution in [0.4, 0.5) is 11.5 Å². The van der Waals surface area contributed by atoms with Crippen LogP contribution in [0.1, 0.15) is 0 Å². The number of anilines is 2. The number of benzene rings is 1. The summed E-state index contributed by atoms with van der Waals surface area (Å²) in [6.45, 7) is 0. The smallest absolute Gasteiger partial charge is 0.296 e. The zero-order valence-electron chi connectivity index (χ0n) is 10.7. The molecule has 0 saturated heterocycles. The molecule has 1 aromatic carbocycles. The van der Waals surface area contributed by atoms with Gasteiger partial charge in [-0.2, -0.15) is 0 Å². The number of ether oxygens (including phenoxy) is 1. The molecular weight excluding hydrogens is 270 g/mol. The Labute approximate surface area is 118 Å². The summed E-state index contributed by atoms with van der Waals surface area (Å²) in [7, 11) is 0. The standard InChI is InChI=1S/C14H9N5O2/c20-14-10-11(17-8-4-1-2-5-9(8)21-10)18-13(19-14)12-15-6-3-7-16-12/h1-7H,(H2,17,18,19,20). The fourth-order valence-electron chi connectivity index (χ4n) is 2.07. The molecule has 102 valence electrons. The Kier molecular flexibility index (Phi) is 2.43. The summed E-state index contributed by atoms with van der Waals surface area (Å²) >= 11 is 0. The topological polar surface area (TPSA) is 92.8 Å². The monoisotopic (exact) mass is 279 g/mol. The molecule has 0 amide bonds. The molecule has 1 aliphatic heterocycles. The average Bonchev–Trinajstić information content (AvgIpc) is 2.54. The minimum absolute atomic E-state index is 0.133. The third-order valence-electron chi connectivity index (χ3n) is 3.01. The lowest BCUT2D eigenvalue weighted by Crippen LogP contribution is -2.18. The van der Waals surface area contributed by atoms with E-state index in [0.29, 0.717) is 17.4 Å². The van der Waals surface area contributed by atoms with Crippen molar-refractivity contribution in [2.75, 3.05) is 5.32 Å². The Bertz CT molecular complexity index is 876. The summed E-state index contributed by atoms with van der Waals surface area (Å²) in [5.41, 5.74) is 0.368. The molecule has 0 fully saturated rings. The summed E-state index contributed by atoms with van der Waals surface area (Å²) in [6.07, 6.45) is 3.17. The van der Waals surface area contributed by atoms with Crippen LogP contribution in [0.15, 0.2) is 47.5 Å². The van der Waals surface area contributed by atoms with E-state index in [4.69, 9.17) is 4.74 Å². The summed E-state index contributed by atoms with van der Waals surface area (Å²) in [6, 6.07) is 9.02. The van der Waals surface area contributed by atoms with Gasteiger partial charge in [-0.3, -0.25) is 4.79 Å². The zero-order chi connectivity index (χ0) is 14.2. The number of H-pyrrole nitrogens is 1. The van der Waals surface area contributed by atoms with Crippen molar-refractivity contribution in [2.45, 2.75) is 0 Å². The molecule has 2 aromatic heterocycles. The van der Waals surface area contributed by atoms with Gasteiger partial charge >= 0.3 is 0 Å². The molecule has 0 unspecified atom stereocenters. The number of rotatable bonds is 1. The van der Waals surface area contributed by atoms with Crippen LogP contribution in [0.2, 0.25) is 0 Å². The molecule has 4 rings (SSSR count). The van der Waals surface area contributed by atoms with Gasteiger partial charge in [0, 0.05) is 12.4 Å². The Morgan fingerprint density at radius 3 is 2.71 bits per heavy atom. The van der Waals surface area contributed by atoms with Crippen LogP contribution in [0.3, 0.4) is 0 Å². The third kappa shape index (κ3) is 1.91. The Morgan fingerprint density at radius 2 is 1.86 bits per heavy atom. The Morgan fingerprint density at radius 1 is 1.05 bits per heavy atom. The molecule has 21 heavy (non-hydrogen) atoms. The van der Waals surface area contributed by atoms with E-state index in [0.717, 1.165) is 5.69 Å². The van der Waals surface area contributed by atoms with Gasteiger partial charge in [0.15, 0.2) is 23.2 Å². The maximum Gasteiger partial charge on any atom is 0.296 e. The Balaban J connectivity index is 1.85. The van der Waals surface area contributed by atoms with Gasteiger partial charge in [0.05, 0.1) is 5.69 Å². The van der Waals surface area contributed by atoms with Gasteiger partial charge in [0.25, 0.3) is 5.56 Å². The van der Waals surface area contributed by atoms with Crippen molar-refractivity contribution in [3.8, 4) is 23.1 Å². The number of aromatic nitrogens is 4. The summed E-state index contributed by atoms with van der Waals surface area (Å²) in [5, 5.41) is 3.08. The molecule has 2 N–H and O–H groups in total. The van der Waals surface area contributed by atoms with Gasteiger partial charge in [0.1, 0.15) is 0 Å². The first kappa shape index (κ1) is 11.6. The molecule has 0 spiro atoms. The fraction of sp³-hybridized carbons (Fsp3) is 0. The molecule has 0 bridgehead atoms. The van der Waals surface area contributed by atoms with E-state index < -0.39 is 0 Å². The second kappa shape index (κ2) is 4.41. The number of para-hydroxylation sites is 2. The molecule has 7 nitrogen and oxygen atoms in total. The molecular formula is C14H9N5O2. The molecule has 0 atom stereocenters. The highest BCUT2D eigenvalue weighted by molar-refractivity contribution is 5.73. The number of aromatic amines is 1. The van der Waals surface area contributed by atoms with Crippen LogP contribution in [0.25, 0.3) is 11.6 Å². The first-order valence-electron chi connectivity index (χ1n) is 6.27. The van der Waals surface area contributed by atoms with Crippen LogP contribution in [0.5, 0.6) is 11.5 Å². The van der Waals surface area contributed by atoms with Crippen LogP contribution in [-0.4, -0.2) is 19.9 Å². The SMILES string of the molecule is O=c1[nH]c(-c2ncccn2)nc2c1Oc1ccccc1N2. The maximum absolute atomic E-state index is 12.2. The lowest BCUT2D eigenvalue weighted by atomic mass is 10.2. The summed E-state index contributed by atoms with van der Waals surface area (Å²) in [5.74, 6) is 1.70. The van der Waals surface area contributed by atoms with E-state index in [1.807, 2.05) is 18.2 Å². The van der Waals surface area contributed by atoms with Crippen molar-refractivity contribution in [3.05, 3.63) is 53.1 Å². The van der Waals surface area contributed by atoms with Crippen molar-refractivity contribution >= 4 is 11.5 Å².